The fourth-order valence-corrected chi connectivity index (χ4v) is 2.63. The maximum Gasteiger partial charge on any atom is 0.238 e. The molecule has 1 fully saturated rings. The third-order valence-corrected chi connectivity index (χ3v) is 3.71. The first-order valence-corrected chi connectivity index (χ1v) is 7.54. The predicted octanol–water partition coefficient (Wildman–Crippen LogP) is 1.11. The summed E-state index contributed by atoms with van der Waals surface area (Å²) in [6.07, 6.45) is 1.96. The first-order chi connectivity index (χ1) is 10.0. The normalized spacial score (nSPS) is 17.1. The second kappa shape index (κ2) is 7.54. The second-order valence-electron chi connectivity index (χ2n) is 6.10. The summed E-state index contributed by atoms with van der Waals surface area (Å²) < 4.78 is 0. The summed E-state index contributed by atoms with van der Waals surface area (Å²) in [7, 11) is 4.07. The number of carbonyl (C=O) groups is 1. The van der Waals surface area contributed by atoms with E-state index in [1.165, 1.54) is 5.56 Å². The molecule has 2 rings (SSSR count). The van der Waals surface area contributed by atoms with Crippen LogP contribution in [0.5, 0.6) is 0 Å². The van der Waals surface area contributed by atoms with Crippen LogP contribution in [0.25, 0.3) is 0 Å². The molecule has 0 aliphatic carbocycles. The summed E-state index contributed by atoms with van der Waals surface area (Å²) in [5.41, 5.74) is 7.94. The Bertz CT molecular complexity index is 467. The van der Waals surface area contributed by atoms with Crippen molar-refractivity contribution in [3.8, 4) is 0 Å². The Labute approximate surface area is 127 Å². The third-order valence-electron chi connectivity index (χ3n) is 3.71. The van der Waals surface area contributed by atoms with Crippen LogP contribution >= 0.6 is 0 Å². The molecule has 1 aromatic carbocycles. The van der Waals surface area contributed by atoms with Crippen LogP contribution < -0.4 is 11.1 Å². The van der Waals surface area contributed by atoms with E-state index in [4.69, 9.17) is 5.73 Å². The molecule has 116 valence electrons. The molecule has 1 saturated heterocycles. The van der Waals surface area contributed by atoms with Crippen molar-refractivity contribution in [2.24, 2.45) is 5.73 Å². The standard InChI is InChI=1S/C16H26N4O/c1-19(2)11-13-4-3-5-15(10-13)18-16(21)12-20-8-6-14(17)7-9-20/h3-5,10,14H,6-9,11-12,17H2,1-2H3,(H,18,21). The second-order valence-corrected chi connectivity index (χ2v) is 6.10. The van der Waals surface area contributed by atoms with Crippen molar-refractivity contribution in [2.75, 3.05) is 39.0 Å². The molecule has 1 aliphatic heterocycles. The fourth-order valence-electron chi connectivity index (χ4n) is 2.63. The molecule has 0 unspecified atom stereocenters. The third kappa shape index (κ3) is 5.46. The maximum absolute atomic E-state index is 12.1. The minimum Gasteiger partial charge on any atom is -0.328 e. The van der Waals surface area contributed by atoms with Crippen LogP contribution in [0.1, 0.15) is 18.4 Å². The van der Waals surface area contributed by atoms with Crippen molar-refractivity contribution in [2.45, 2.75) is 25.4 Å². The highest BCUT2D eigenvalue weighted by atomic mass is 16.2. The average Bonchev–Trinajstić information content (AvgIpc) is 2.41. The van der Waals surface area contributed by atoms with Crippen molar-refractivity contribution in [1.29, 1.82) is 0 Å². The van der Waals surface area contributed by atoms with Gasteiger partial charge in [0.15, 0.2) is 0 Å². The van der Waals surface area contributed by atoms with Gasteiger partial charge in [0.05, 0.1) is 6.54 Å². The molecule has 0 radical (unpaired) electrons. The summed E-state index contributed by atoms with van der Waals surface area (Å²) in [6.45, 7) is 3.14. The van der Waals surface area contributed by atoms with Crippen molar-refractivity contribution >= 4 is 11.6 Å². The Morgan fingerprint density at radius 1 is 1.38 bits per heavy atom. The lowest BCUT2D eigenvalue weighted by Crippen LogP contribution is -2.43. The van der Waals surface area contributed by atoms with E-state index in [0.29, 0.717) is 12.6 Å². The van der Waals surface area contributed by atoms with Gasteiger partial charge in [-0.2, -0.15) is 0 Å². The molecular formula is C16H26N4O. The van der Waals surface area contributed by atoms with Gasteiger partial charge in [0.1, 0.15) is 0 Å². The van der Waals surface area contributed by atoms with Gasteiger partial charge in [0.2, 0.25) is 5.91 Å². The van der Waals surface area contributed by atoms with Crippen molar-refractivity contribution in [3.05, 3.63) is 29.8 Å². The molecule has 0 aromatic heterocycles. The highest BCUT2D eigenvalue weighted by molar-refractivity contribution is 5.92. The van der Waals surface area contributed by atoms with Gasteiger partial charge in [-0.1, -0.05) is 12.1 Å². The van der Waals surface area contributed by atoms with E-state index in [0.717, 1.165) is 38.2 Å². The number of nitrogens with zero attached hydrogens (tertiary/aromatic N) is 2. The zero-order valence-electron chi connectivity index (χ0n) is 13.0. The fraction of sp³-hybridized carbons (Fsp3) is 0.562. The lowest BCUT2D eigenvalue weighted by Gasteiger charge is -2.29. The molecule has 5 heteroatoms. The van der Waals surface area contributed by atoms with Gasteiger partial charge in [-0.25, -0.2) is 0 Å². The van der Waals surface area contributed by atoms with Gasteiger partial charge in [-0.15, -0.1) is 0 Å². The molecule has 1 heterocycles. The molecule has 1 aliphatic rings. The average molecular weight is 290 g/mol. The van der Waals surface area contributed by atoms with E-state index in [1.54, 1.807) is 0 Å². The highest BCUT2D eigenvalue weighted by Gasteiger charge is 2.18. The van der Waals surface area contributed by atoms with Crippen molar-refractivity contribution in [3.63, 3.8) is 0 Å². The quantitative estimate of drug-likeness (QED) is 0.853. The Balaban J connectivity index is 1.84. The number of hydrogen-bond acceptors (Lipinski definition) is 4. The molecule has 0 saturated carbocycles. The number of amides is 1. The lowest BCUT2D eigenvalue weighted by atomic mass is 10.1. The molecule has 1 aromatic rings. The van der Waals surface area contributed by atoms with Crippen LogP contribution in [0.2, 0.25) is 0 Å². The minimum absolute atomic E-state index is 0.0486. The number of likely N-dealkylation sites (tertiary alicyclic amines) is 1. The zero-order valence-corrected chi connectivity index (χ0v) is 13.0. The molecular weight excluding hydrogens is 264 g/mol. The number of nitrogens with two attached hydrogens (primary N) is 1. The Morgan fingerprint density at radius 2 is 2.10 bits per heavy atom. The van der Waals surface area contributed by atoms with Crippen LogP contribution in [-0.2, 0) is 11.3 Å². The Kier molecular flexibility index (Phi) is 5.73. The predicted molar refractivity (Wildman–Crippen MR) is 86.1 cm³/mol. The molecule has 21 heavy (non-hydrogen) atoms. The smallest absolute Gasteiger partial charge is 0.238 e. The van der Waals surface area contributed by atoms with Crippen LogP contribution in [0, 0.1) is 0 Å². The van der Waals surface area contributed by atoms with Crippen LogP contribution in [0.15, 0.2) is 24.3 Å². The Morgan fingerprint density at radius 3 is 2.76 bits per heavy atom. The van der Waals surface area contributed by atoms with E-state index >= 15 is 0 Å². The van der Waals surface area contributed by atoms with Gasteiger partial charge in [-0.3, -0.25) is 9.69 Å². The van der Waals surface area contributed by atoms with E-state index in [1.807, 2.05) is 32.3 Å². The number of anilines is 1. The van der Waals surface area contributed by atoms with Gasteiger partial charge >= 0.3 is 0 Å². The van der Waals surface area contributed by atoms with Crippen molar-refractivity contribution in [1.82, 2.24) is 9.80 Å². The van der Waals surface area contributed by atoms with Crippen LogP contribution in [-0.4, -0.2) is 55.5 Å². The topological polar surface area (TPSA) is 61.6 Å². The van der Waals surface area contributed by atoms with Crippen molar-refractivity contribution < 1.29 is 4.79 Å². The number of carbonyl (C=O) groups excluding carboxylic acids is 1. The zero-order chi connectivity index (χ0) is 15.2. The van der Waals surface area contributed by atoms with Gasteiger partial charge in [0, 0.05) is 31.4 Å². The molecule has 0 atom stereocenters. The molecule has 3 N–H and O–H groups in total. The molecule has 1 amide bonds. The molecule has 5 nitrogen and oxygen atoms in total. The lowest BCUT2D eigenvalue weighted by molar-refractivity contribution is -0.117. The molecule has 0 spiro atoms. The minimum atomic E-state index is 0.0486. The number of nitrogens with one attached hydrogen (secondary N) is 1. The van der Waals surface area contributed by atoms with Gasteiger partial charge in [0.25, 0.3) is 0 Å². The largest absolute Gasteiger partial charge is 0.328 e. The summed E-state index contributed by atoms with van der Waals surface area (Å²) >= 11 is 0. The number of rotatable bonds is 5. The van der Waals surface area contributed by atoms with Crippen LogP contribution in [0.3, 0.4) is 0 Å². The number of piperidine rings is 1. The van der Waals surface area contributed by atoms with E-state index in [2.05, 4.69) is 21.2 Å². The van der Waals surface area contributed by atoms with Gasteiger partial charge in [-0.05, 0) is 44.6 Å². The molecule has 0 bridgehead atoms. The summed E-state index contributed by atoms with van der Waals surface area (Å²) in [4.78, 5) is 16.4. The highest BCUT2D eigenvalue weighted by Crippen LogP contribution is 2.13. The van der Waals surface area contributed by atoms with Crippen LogP contribution in [0.4, 0.5) is 5.69 Å². The van der Waals surface area contributed by atoms with E-state index < -0.39 is 0 Å². The number of benzene rings is 1. The summed E-state index contributed by atoms with van der Waals surface area (Å²) in [5, 5.41) is 2.98. The van der Waals surface area contributed by atoms with Gasteiger partial charge < -0.3 is 16.0 Å². The van der Waals surface area contributed by atoms with E-state index in [9.17, 15) is 4.79 Å². The summed E-state index contributed by atoms with van der Waals surface area (Å²) in [5.74, 6) is 0.0486. The summed E-state index contributed by atoms with van der Waals surface area (Å²) in [6, 6.07) is 8.32. The monoisotopic (exact) mass is 290 g/mol. The first kappa shape index (κ1) is 15.9. The first-order valence-electron chi connectivity index (χ1n) is 7.54. The van der Waals surface area contributed by atoms with E-state index in [-0.39, 0.29) is 5.91 Å². The SMILES string of the molecule is CN(C)Cc1cccc(NC(=O)CN2CCC(N)CC2)c1. The maximum atomic E-state index is 12.1. The number of hydrogen-bond donors (Lipinski definition) is 2. The Hall–Kier alpha value is -1.43.